The van der Waals surface area contributed by atoms with Crippen LogP contribution in [-0.4, -0.2) is 27.1 Å². The van der Waals surface area contributed by atoms with Gasteiger partial charge in [0.05, 0.1) is 11.7 Å². The lowest BCUT2D eigenvalue weighted by molar-refractivity contribution is 0.0727. The summed E-state index contributed by atoms with van der Waals surface area (Å²) < 4.78 is 1.28. The average molecular weight is 345 g/mol. The van der Waals surface area contributed by atoms with Gasteiger partial charge < -0.3 is 4.90 Å². The van der Waals surface area contributed by atoms with Gasteiger partial charge in [0.25, 0.3) is 11.5 Å². The molecule has 0 spiro atoms. The van der Waals surface area contributed by atoms with Gasteiger partial charge in [0.1, 0.15) is 5.69 Å². The van der Waals surface area contributed by atoms with Crippen LogP contribution in [0.15, 0.2) is 77.6 Å². The van der Waals surface area contributed by atoms with E-state index in [1.165, 1.54) is 16.8 Å². The van der Waals surface area contributed by atoms with Crippen LogP contribution in [0.25, 0.3) is 5.69 Å². The second-order valence-corrected chi connectivity index (χ2v) is 6.37. The van der Waals surface area contributed by atoms with Gasteiger partial charge in [-0.15, -0.1) is 0 Å². The minimum atomic E-state index is -0.256. The first-order chi connectivity index (χ1) is 12.7. The van der Waals surface area contributed by atoms with Crippen molar-refractivity contribution in [3.8, 4) is 5.69 Å². The van der Waals surface area contributed by atoms with Gasteiger partial charge in [-0.3, -0.25) is 9.59 Å². The lowest BCUT2D eigenvalue weighted by Gasteiger charge is -2.25. The standard InChI is InChI=1S/C21H19N3O2/c25-20-14-13-18(22-24(20)17-10-5-2-6-11-17)21(26)23-15-7-12-19(23)16-8-3-1-4-9-16/h1-6,8-11,13-14,19H,7,12,15H2. The van der Waals surface area contributed by atoms with Gasteiger partial charge in [-0.2, -0.15) is 9.78 Å². The lowest BCUT2D eigenvalue weighted by Crippen LogP contribution is -2.33. The first-order valence-electron chi connectivity index (χ1n) is 8.76. The summed E-state index contributed by atoms with van der Waals surface area (Å²) in [5.41, 5.74) is 1.81. The topological polar surface area (TPSA) is 55.2 Å². The van der Waals surface area contributed by atoms with Gasteiger partial charge in [0.2, 0.25) is 0 Å². The molecule has 0 aliphatic carbocycles. The summed E-state index contributed by atoms with van der Waals surface area (Å²) >= 11 is 0. The molecular weight excluding hydrogens is 326 g/mol. The molecule has 1 saturated heterocycles. The van der Waals surface area contributed by atoms with Gasteiger partial charge in [-0.25, -0.2) is 0 Å². The van der Waals surface area contributed by atoms with Gasteiger partial charge >= 0.3 is 0 Å². The third kappa shape index (κ3) is 3.04. The molecule has 130 valence electrons. The van der Waals surface area contributed by atoms with Crippen LogP contribution in [0.3, 0.4) is 0 Å². The van der Waals surface area contributed by atoms with Gasteiger partial charge in [0, 0.05) is 12.6 Å². The van der Waals surface area contributed by atoms with Crippen molar-refractivity contribution in [1.82, 2.24) is 14.7 Å². The third-order valence-electron chi connectivity index (χ3n) is 4.72. The maximum Gasteiger partial charge on any atom is 0.274 e. The number of aromatic nitrogens is 2. The molecule has 1 amide bonds. The van der Waals surface area contributed by atoms with E-state index < -0.39 is 0 Å². The fourth-order valence-corrected chi connectivity index (χ4v) is 3.46. The first-order valence-corrected chi connectivity index (χ1v) is 8.76. The smallest absolute Gasteiger partial charge is 0.274 e. The minimum absolute atomic E-state index is 0.0580. The Hall–Kier alpha value is -3.21. The Bertz CT molecular complexity index is 967. The number of rotatable bonds is 3. The summed E-state index contributed by atoms with van der Waals surface area (Å²) in [6.07, 6.45) is 1.90. The molecule has 26 heavy (non-hydrogen) atoms. The van der Waals surface area contributed by atoms with E-state index in [2.05, 4.69) is 17.2 Å². The molecule has 4 rings (SSSR count). The molecule has 1 atom stereocenters. The molecule has 2 aromatic carbocycles. The number of benzene rings is 2. The predicted octanol–water partition coefficient (Wildman–Crippen LogP) is 3.21. The first kappa shape index (κ1) is 16.3. The van der Waals surface area contributed by atoms with E-state index in [-0.39, 0.29) is 23.2 Å². The number of hydrogen-bond donors (Lipinski definition) is 0. The minimum Gasteiger partial charge on any atom is -0.330 e. The number of likely N-dealkylation sites (tertiary alicyclic amines) is 1. The van der Waals surface area contributed by atoms with Crippen molar-refractivity contribution in [2.24, 2.45) is 0 Å². The van der Waals surface area contributed by atoms with Gasteiger partial charge in [-0.1, -0.05) is 48.5 Å². The Kier molecular flexibility index (Phi) is 4.35. The Labute approximate surface area is 151 Å². The van der Waals surface area contributed by atoms with Crippen LogP contribution in [0.1, 0.15) is 34.9 Å². The van der Waals surface area contributed by atoms with Crippen LogP contribution >= 0.6 is 0 Å². The van der Waals surface area contributed by atoms with Crippen molar-refractivity contribution < 1.29 is 4.79 Å². The fraction of sp³-hybridized carbons (Fsp3) is 0.190. The second-order valence-electron chi connectivity index (χ2n) is 6.37. The zero-order valence-electron chi connectivity index (χ0n) is 14.3. The van der Waals surface area contributed by atoms with E-state index in [0.29, 0.717) is 12.2 Å². The van der Waals surface area contributed by atoms with Crippen molar-refractivity contribution in [3.63, 3.8) is 0 Å². The van der Waals surface area contributed by atoms with Crippen LogP contribution in [0, 0.1) is 0 Å². The summed E-state index contributed by atoms with van der Waals surface area (Å²) in [6.45, 7) is 0.699. The van der Waals surface area contributed by atoms with Crippen molar-refractivity contribution in [2.75, 3.05) is 6.54 Å². The molecule has 3 aromatic rings. The molecule has 5 heteroatoms. The zero-order chi connectivity index (χ0) is 17.9. The largest absolute Gasteiger partial charge is 0.330 e. The van der Waals surface area contributed by atoms with Crippen molar-refractivity contribution in [2.45, 2.75) is 18.9 Å². The molecule has 1 aliphatic heterocycles. The molecule has 2 heterocycles. The number of para-hydroxylation sites is 1. The molecule has 1 fully saturated rings. The Morgan fingerprint density at radius 3 is 2.35 bits per heavy atom. The molecule has 0 N–H and O–H groups in total. The van der Waals surface area contributed by atoms with E-state index in [1.807, 2.05) is 41.3 Å². The van der Waals surface area contributed by atoms with Gasteiger partial charge in [-0.05, 0) is 36.6 Å². The highest BCUT2D eigenvalue weighted by Crippen LogP contribution is 2.32. The zero-order valence-corrected chi connectivity index (χ0v) is 14.3. The van der Waals surface area contributed by atoms with Crippen LogP contribution in [0.4, 0.5) is 0 Å². The second kappa shape index (κ2) is 6.96. The van der Waals surface area contributed by atoms with Crippen LogP contribution in [0.2, 0.25) is 0 Å². The molecule has 1 aliphatic rings. The number of carbonyl (C=O) groups excluding carboxylic acids is 1. The van der Waals surface area contributed by atoms with E-state index in [9.17, 15) is 9.59 Å². The molecule has 1 aromatic heterocycles. The molecular formula is C21H19N3O2. The van der Waals surface area contributed by atoms with E-state index in [1.54, 1.807) is 12.1 Å². The summed E-state index contributed by atoms with van der Waals surface area (Å²) in [6, 6.07) is 22.2. The highest BCUT2D eigenvalue weighted by molar-refractivity contribution is 5.92. The van der Waals surface area contributed by atoms with Gasteiger partial charge in [0.15, 0.2) is 0 Å². The summed E-state index contributed by atoms with van der Waals surface area (Å²) in [5.74, 6) is -0.138. The maximum atomic E-state index is 13.1. The van der Waals surface area contributed by atoms with Crippen molar-refractivity contribution >= 4 is 5.91 Å². The lowest BCUT2D eigenvalue weighted by atomic mass is 10.0. The van der Waals surface area contributed by atoms with Crippen LogP contribution in [0.5, 0.6) is 0 Å². The maximum absolute atomic E-state index is 13.1. The van der Waals surface area contributed by atoms with Crippen molar-refractivity contribution in [3.05, 3.63) is 94.4 Å². The van der Waals surface area contributed by atoms with E-state index in [4.69, 9.17) is 0 Å². The normalized spacial score (nSPS) is 16.6. The summed E-state index contributed by atoms with van der Waals surface area (Å²) in [4.78, 5) is 27.1. The predicted molar refractivity (Wildman–Crippen MR) is 99.3 cm³/mol. The number of amides is 1. The van der Waals surface area contributed by atoms with E-state index in [0.717, 1.165) is 18.4 Å². The van der Waals surface area contributed by atoms with E-state index >= 15 is 0 Å². The summed E-state index contributed by atoms with van der Waals surface area (Å²) in [5, 5.41) is 4.33. The molecule has 0 radical (unpaired) electrons. The highest BCUT2D eigenvalue weighted by atomic mass is 16.2. The third-order valence-corrected chi connectivity index (χ3v) is 4.72. The molecule has 0 saturated carbocycles. The molecule has 1 unspecified atom stereocenters. The Balaban J connectivity index is 1.67. The number of nitrogens with zero attached hydrogens (tertiary/aromatic N) is 3. The van der Waals surface area contributed by atoms with Crippen LogP contribution in [-0.2, 0) is 0 Å². The summed E-state index contributed by atoms with van der Waals surface area (Å²) in [7, 11) is 0. The number of hydrogen-bond acceptors (Lipinski definition) is 3. The SMILES string of the molecule is O=C(c1ccc(=O)n(-c2ccccc2)n1)N1CCCC1c1ccccc1. The van der Waals surface area contributed by atoms with Crippen molar-refractivity contribution in [1.29, 1.82) is 0 Å². The highest BCUT2D eigenvalue weighted by Gasteiger charge is 2.31. The molecule has 5 nitrogen and oxygen atoms in total. The Morgan fingerprint density at radius 2 is 1.62 bits per heavy atom. The van der Waals surface area contributed by atoms with Crippen LogP contribution < -0.4 is 5.56 Å². The Morgan fingerprint density at radius 1 is 0.923 bits per heavy atom. The molecule has 0 bridgehead atoms. The monoisotopic (exact) mass is 345 g/mol. The number of carbonyl (C=O) groups is 1. The average Bonchev–Trinajstić information content (AvgIpc) is 3.19. The quantitative estimate of drug-likeness (QED) is 0.732. The fourth-order valence-electron chi connectivity index (χ4n) is 3.46.